The Morgan fingerprint density at radius 1 is 1.07 bits per heavy atom. The lowest BCUT2D eigenvalue weighted by Crippen LogP contribution is -2.40. The molecular weight excluding hydrogens is 338 g/mol. The maximum atomic E-state index is 11.2. The summed E-state index contributed by atoms with van der Waals surface area (Å²) in [6.45, 7) is 9.55. The zero-order valence-electron chi connectivity index (χ0n) is 17.2. The van der Waals surface area contributed by atoms with Crippen LogP contribution in [0.1, 0.15) is 58.3 Å². The van der Waals surface area contributed by atoms with E-state index in [0.717, 1.165) is 69.8 Å². The van der Waals surface area contributed by atoms with E-state index < -0.39 is 0 Å². The summed E-state index contributed by atoms with van der Waals surface area (Å²) in [6, 6.07) is 0. The highest BCUT2D eigenvalue weighted by atomic mass is 16.1. The zero-order chi connectivity index (χ0) is 19.1. The number of guanidine groups is 1. The minimum Gasteiger partial charge on any atom is -0.369 e. The number of carbonyl (C=O) groups excluding carboxylic acids is 1. The molecule has 0 radical (unpaired) electrons. The van der Waals surface area contributed by atoms with E-state index in [1.54, 1.807) is 0 Å². The van der Waals surface area contributed by atoms with Crippen molar-refractivity contribution >= 4 is 11.9 Å². The highest BCUT2D eigenvalue weighted by Gasteiger charge is 2.35. The fourth-order valence-electron chi connectivity index (χ4n) is 5.08. The largest absolute Gasteiger partial charge is 0.369 e. The highest BCUT2D eigenvalue weighted by molar-refractivity contribution is 5.80. The second-order valence-corrected chi connectivity index (χ2v) is 8.67. The number of amides is 1. The minimum atomic E-state index is -0.123. The van der Waals surface area contributed by atoms with Gasteiger partial charge in [-0.25, -0.2) is 0 Å². The van der Waals surface area contributed by atoms with E-state index in [1.807, 2.05) is 0 Å². The molecule has 0 aromatic heterocycles. The minimum absolute atomic E-state index is 0.0951. The number of hydrogen-bond donors (Lipinski definition) is 2. The van der Waals surface area contributed by atoms with Crippen molar-refractivity contribution in [3.8, 4) is 0 Å². The van der Waals surface area contributed by atoms with Gasteiger partial charge < -0.3 is 20.9 Å². The Hall–Kier alpha value is -1.30. The van der Waals surface area contributed by atoms with Gasteiger partial charge in [0.05, 0.1) is 0 Å². The molecule has 0 spiro atoms. The first-order valence-corrected chi connectivity index (χ1v) is 11.2. The molecular formula is C21H39N5O. The molecule has 2 heterocycles. The van der Waals surface area contributed by atoms with Crippen LogP contribution in [0.25, 0.3) is 0 Å². The molecule has 1 amide bonds. The molecule has 3 N–H and O–H groups in total. The molecule has 0 aromatic rings. The van der Waals surface area contributed by atoms with Gasteiger partial charge in [0.1, 0.15) is 0 Å². The Labute approximate surface area is 164 Å². The quantitative estimate of drug-likeness (QED) is 0.405. The molecule has 3 fully saturated rings. The van der Waals surface area contributed by atoms with Gasteiger partial charge in [0, 0.05) is 32.1 Å². The van der Waals surface area contributed by atoms with Crippen LogP contribution in [0.5, 0.6) is 0 Å². The van der Waals surface area contributed by atoms with E-state index >= 15 is 0 Å². The van der Waals surface area contributed by atoms with E-state index in [4.69, 9.17) is 10.7 Å². The van der Waals surface area contributed by atoms with Crippen LogP contribution in [0.3, 0.4) is 0 Å². The van der Waals surface area contributed by atoms with Crippen molar-refractivity contribution in [3.05, 3.63) is 0 Å². The van der Waals surface area contributed by atoms with Crippen LogP contribution in [-0.2, 0) is 4.79 Å². The fourth-order valence-corrected chi connectivity index (χ4v) is 5.08. The van der Waals surface area contributed by atoms with Gasteiger partial charge in [0.15, 0.2) is 5.96 Å². The van der Waals surface area contributed by atoms with Crippen LogP contribution in [0.15, 0.2) is 4.99 Å². The van der Waals surface area contributed by atoms with Crippen molar-refractivity contribution in [1.29, 1.82) is 0 Å². The fraction of sp³-hybridized carbons (Fsp3) is 0.905. The predicted molar refractivity (Wildman–Crippen MR) is 111 cm³/mol. The molecule has 3 rings (SSSR count). The third kappa shape index (κ3) is 5.84. The molecule has 2 unspecified atom stereocenters. The van der Waals surface area contributed by atoms with Crippen molar-refractivity contribution in [1.82, 2.24) is 15.1 Å². The summed E-state index contributed by atoms with van der Waals surface area (Å²) in [5.41, 5.74) is 5.41. The number of aliphatic imine (C=N–C) groups is 1. The lowest BCUT2D eigenvalue weighted by Gasteiger charge is -2.30. The van der Waals surface area contributed by atoms with Crippen molar-refractivity contribution < 1.29 is 4.79 Å². The lowest BCUT2D eigenvalue weighted by molar-refractivity contribution is -0.123. The number of nitrogens with one attached hydrogen (secondary N) is 1. The summed E-state index contributed by atoms with van der Waals surface area (Å²) in [5.74, 6) is 2.89. The Bertz CT molecular complexity index is 487. The van der Waals surface area contributed by atoms with Crippen molar-refractivity contribution in [2.75, 3.05) is 45.8 Å². The second-order valence-electron chi connectivity index (χ2n) is 8.67. The van der Waals surface area contributed by atoms with Crippen molar-refractivity contribution in [2.45, 2.75) is 58.3 Å². The first kappa shape index (κ1) is 20.4. The average molecular weight is 378 g/mol. The first-order valence-electron chi connectivity index (χ1n) is 11.2. The van der Waals surface area contributed by atoms with Crippen LogP contribution >= 0.6 is 0 Å². The number of piperidine rings is 1. The number of hydrogen-bond acceptors (Lipinski definition) is 3. The number of fused-ring (bicyclic) bond motifs is 1. The molecule has 154 valence electrons. The second kappa shape index (κ2) is 10.3. The SMILES string of the molecule is CCNC(=NCCCCN1CCC(C(N)=O)CC1)N1CC2CCCCC2C1. The Morgan fingerprint density at radius 3 is 2.33 bits per heavy atom. The van der Waals surface area contributed by atoms with E-state index in [1.165, 1.54) is 45.2 Å². The van der Waals surface area contributed by atoms with Gasteiger partial charge >= 0.3 is 0 Å². The highest BCUT2D eigenvalue weighted by Crippen LogP contribution is 2.35. The van der Waals surface area contributed by atoms with Gasteiger partial charge in [-0.2, -0.15) is 0 Å². The third-order valence-electron chi connectivity index (χ3n) is 6.74. The molecule has 3 aliphatic rings. The summed E-state index contributed by atoms with van der Waals surface area (Å²) >= 11 is 0. The summed E-state index contributed by atoms with van der Waals surface area (Å²) in [4.78, 5) is 21.2. The molecule has 2 saturated heterocycles. The molecule has 2 atom stereocenters. The average Bonchev–Trinajstić information content (AvgIpc) is 3.11. The number of primary amides is 1. The summed E-state index contributed by atoms with van der Waals surface area (Å²) in [7, 11) is 0. The van der Waals surface area contributed by atoms with Gasteiger partial charge in [-0.15, -0.1) is 0 Å². The molecule has 1 saturated carbocycles. The molecule has 1 aliphatic carbocycles. The summed E-state index contributed by atoms with van der Waals surface area (Å²) < 4.78 is 0. The van der Waals surface area contributed by atoms with Gasteiger partial charge in [0.2, 0.25) is 5.91 Å². The van der Waals surface area contributed by atoms with Crippen LogP contribution in [0.2, 0.25) is 0 Å². The van der Waals surface area contributed by atoms with E-state index in [9.17, 15) is 4.79 Å². The number of likely N-dealkylation sites (tertiary alicyclic amines) is 2. The van der Waals surface area contributed by atoms with Crippen LogP contribution < -0.4 is 11.1 Å². The summed E-state index contributed by atoms with van der Waals surface area (Å²) in [6.07, 6.45) is 9.81. The Kier molecular flexibility index (Phi) is 7.80. The molecule has 27 heavy (non-hydrogen) atoms. The van der Waals surface area contributed by atoms with E-state index in [0.29, 0.717) is 0 Å². The van der Waals surface area contributed by atoms with Crippen LogP contribution in [-0.4, -0.2) is 67.5 Å². The van der Waals surface area contributed by atoms with Gasteiger partial charge in [-0.1, -0.05) is 12.8 Å². The zero-order valence-corrected chi connectivity index (χ0v) is 17.2. The Balaban J connectivity index is 1.36. The maximum absolute atomic E-state index is 11.2. The van der Waals surface area contributed by atoms with Gasteiger partial charge in [-0.05, 0) is 76.9 Å². The normalized spacial score (nSPS) is 27.6. The smallest absolute Gasteiger partial charge is 0.220 e. The lowest BCUT2D eigenvalue weighted by atomic mass is 9.82. The monoisotopic (exact) mass is 377 g/mol. The van der Waals surface area contributed by atoms with Crippen molar-refractivity contribution in [2.24, 2.45) is 28.5 Å². The molecule has 6 heteroatoms. The number of unbranched alkanes of at least 4 members (excludes halogenated alkanes) is 1. The van der Waals surface area contributed by atoms with Gasteiger partial charge in [-0.3, -0.25) is 9.79 Å². The predicted octanol–water partition coefficient (Wildman–Crippen LogP) is 2.05. The van der Waals surface area contributed by atoms with E-state index in [-0.39, 0.29) is 11.8 Å². The van der Waals surface area contributed by atoms with E-state index in [2.05, 4.69) is 22.0 Å². The maximum Gasteiger partial charge on any atom is 0.220 e. The molecule has 0 bridgehead atoms. The molecule has 2 aliphatic heterocycles. The first-order chi connectivity index (χ1) is 13.2. The Morgan fingerprint density at radius 2 is 1.74 bits per heavy atom. The summed E-state index contributed by atoms with van der Waals surface area (Å²) in [5, 5.41) is 3.51. The standard InChI is InChI=1S/C21H39N5O/c1-2-23-21(26-15-18-7-3-4-8-19(18)16-26)24-11-5-6-12-25-13-9-17(10-14-25)20(22)27/h17-19H,2-16H2,1H3,(H2,22,27)(H,23,24). The third-order valence-corrected chi connectivity index (χ3v) is 6.74. The van der Waals surface area contributed by atoms with Crippen LogP contribution in [0.4, 0.5) is 0 Å². The molecule has 0 aromatic carbocycles. The van der Waals surface area contributed by atoms with Gasteiger partial charge in [0.25, 0.3) is 0 Å². The number of nitrogens with zero attached hydrogens (tertiary/aromatic N) is 3. The molecule has 6 nitrogen and oxygen atoms in total. The van der Waals surface area contributed by atoms with Crippen LogP contribution in [0, 0.1) is 17.8 Å². The number of rotatable bonds is 7. The number of carbonyl (C=O) groups is 1. The van der Waals surface area contributed by atoms with Crippen molar-refractivity contribution in [3.63, 3.8) is 0 Å². The topological polar surface area (TPSA) is 74.0 Å². The number of nitrogens with two attached hydrogens (primary N) is 1.